The van der Waals surface area contributed by atoms with Gasteiger partial charge in [-0.05, 0) is 13.3 Å². The van der Waals surface area contributed by atoms with Crippen LogP contribution in [0.15, 0.2) is 0 Å². The van der Waals surface area contributed by atoms with Crippen LogP contribution in [0.1, 0.15) is 26.7 Å². The molecule has 0 amide bonds. The van der Waals surface area contributed by atoms with Gasteiger partial charge in [0.1, 0.15) is 6.10 Å². The Hall–Kier alpha value is -0.160. The van der Waals surface area contributed by atoms with Gasteiger partial charge in [-0.3, -0.25) is 0 Å². The van der Waals surface area contributed by atoms with Crippen LogP contribution < -0.4 is 0 Å². The summed E-state index contributed by atoms with van der Waals surface area (Å²) >= 11 is 0. The van der Waals surface area contributed by atoms with Crippen molar-refractivity contribution in [2.75, 3.05) is 0 Å². The van der Waals surface area contributed by atoms with E-state index in [1.807, 2.05) is 13.8 Å². The van der Waals surface area contributed by atoms with Crippen LogP contribution in [0.5, 0.6) is 0 Å². The molecule has 0 aromatic heterocycles. The highest BCUT2D eigenvalue weighted by molar-refractivity contribution is 4.82. The lowest BCUT2D eigenvalue weighted by Gasteiger charge is -2.31. The molecule has 4 nitrogen and oxygen atoms in total. The SMILES string of the molecule is CCC1O[C@H]2O[C@H](C)[C@@H](O)C[C@H]2O1. The van der Waals surface area contributed by atoms with E-state index in [1.165, 1.54) is 0 Å². The Morgan fingerprint density at radius 3 is 2.77 bits per heavy atom. The molecule has 0 radical (unpaired) electrons. The van der Waals surface area contributed by atoms with Gasteiger partial charge in [0.15, 0.2) is 12.6 Å². The fraction of sp³-hybridized carbons (Fsp3) is 1.00. The molecule has 0 saturated carbocycles. The van der Waals surface area contributed by atoms with E-state index in [-0.39, 0.29) is 24.8 Å². The van der Waals surface area contributed by atoms with Gasteiger partial charge in [-0.15, -0.1) is 0 Å². The first-order valence-corrected chi connectivity index (χ1v) is 4.85. The summed E-state index contributed by atoms with van der Waals surface area (Å²) in [4.78, 5) is 0. The summed E-state index contributed by atoms with van der Waals surface area (Å²) in [5.74, 6) is 0. The van der Waals surface area contributed by atoms with Crippen molar-refractivity contribution in [2.24, 2.45) is 0 Å². The van der Waals surface area contributed by atoms with Crippen molar-refractivity contribution in [3.05, 3.63) is 0 Å². The normalized spacial score (nSPS) is 50.5. The number of fused-ring (bicyclic) bond motifs is 1. The number of hydrogen-bond donors (Lipinski definition) is 1. The molecule has 4 heteroatoms. The van der Waals surface area contributed by atoms with Crippen molar-refractivity contribution in [2.45, 2.75) is 57.6 Å². The molecule has 0 aliphatic carbocycles. The molecule has 5 atom stereocenters. The third-order valence-electron chi connectivity index (χ3n) is 2.61. The number of aliphatic hydroxyl groups is 1. The molecule has 1 unspecified atom stereocenters. The maximum Gasteiger partial charge on any atom is 0.187 e. The summed E-state index contributed by atoms with van der Waals surface area (Å²) in [5.41, 5.74) is 0. The first kappa shape index (κ1) is 9.40. The van der Waals surface area contributed by atoms with Crippen LogP contribution in [-0.2, 0) is 14.2 Å². The van der Waals surface area contributed by atoms with Gasteiger partial charge in [-0.2, -0.15) is 0 Å². The molecular weight excluding hydrogens is 172 g/mol. The van der Waals surface area contributed by atoms with Crippen molar-refractivity contribution >= 4 is 0 Å². The Labute approximate surface area is 77.8 Å². The summed E-state index contributed by atoms with van der Waals surface area (Å²) < 4.78 is 16.5. The van der Waals surface area contributed by atoms with E-state index in [9.17, 15) is 5.11 Å². The second-order valence-corrected chi connectivity index (χ2v) is 3.66. The van der Waals surface area contributed by atoms with E-state index >= 15 is 0 Å². The predicted molar refractivity (Wildman–Crippen MR) is 45.0 cm³/mol. The Balaban J connectivity index is 1.97. The standard InChI is InChI=1S/C9H16O4/c1-3-8-12-7-4-6(10)5(2)11-9(7)13-8/h5-10H,3-4H2,1-2H3/t5-,6+,7-,8?,9-/m1/s1. The van der Waals surface area contributed by atoms with E-state index in [1.54, 1.807) is 0 Å². The minimum atomic E-state index is -0.430. The topological polar surface area (TPSA) is 47.9 Å². The molecule has 0 aromatic rings. The lowest BCUT2D eigenvalue weighted by molar-refractivity contribution is -0.208. The molecule has 13 heavy (non-hydrogen) atoms. The van der Waals surface area contributed by atoms with Crippen LogP contribution in [-0.4, -0.2) is 36.0 Å². The highest BCUT2D eigenvalue weighted by atomic mass is 16.8. The summed E-state index contributed by atoms with van der Waals surface area (Å²) in [6.07, 6.45) is 0.330. The summed E-state index contributed by atoms with van der Waals surface area (Å²) in [6, 6.07) is 0. The van der Waals surface area contributed by atoms with Crippen LogP contribution in [0, 0.1) is 0 Å². The smallest absolute Gasteiger partial charge is 0.187 e. The first-order chi connectivity index (χ1) is 6.20. The average Bonchev–Trinajstić information content (AvgIpc) is 2.48. The van der Waals surface area contributed by atoms with E-state index in [0.29, 0.717) is 6.42 Å². The minimum absolute atomic E-state index is 0.0869. The molecule has 76 valence electrons. The van der Waals surface area contributed by atoms with Gasteiger partial charge in [0, 0.05) is 6.42 Å². The van der Waals surface area contributed by atoms with Crippen molar-refractivity contribution in [1.82, 2.24) is 0 Å². The van der Waals surface area contributed by atoms with Gasteiger partial charge in [-0.25, -0.2) is 0 Å². The summed E-state index contributed by atoms with van der Waals surface area (Å²) in [5, 5.41) is 9.52. The molecule has 2 heterocycles. The number of aliphatic hydroxyl groups excluding tert-OH is 1. The van der Waals surface area contributed by atoms with Crippen molar-refractivity contribution in [1.29, 1.82) is 0 Å². The quantitative estimate of drug-likeness (QED) is 0.655. The second-order valence-electron chi connectivity index (χ2n) is 3.66. The van der Waals surface area contributed by atoms with Gasteiger partial charge in [-0.1, -0.05) is 6.92 Å². The van der Waals surface area contributed by atoms with Crippen LogP contribution in [0.2, 0.25) is 0 Å². The highest BCUT2D eigenvalue weighted by Crippen LogP contribution is 2.31. The van der Waals surface area contributed by atoms with Gasteiger partial charge in [0.25, 0.3) is 0 Å². The molecule has 2 fully saturated rings. The van der Waals surface area contributed by atoms with Crippen molar-refractivity contribution < 1.29 is 19.3 Å². The zero-order chi connectivity index (χ0) is 9.42. The number of hydrogen-bond acceptors (Lipinski definition) is 4. The van der Waals surface area contributed by atoms with Gasteiger partial charge in [0.2, 0.25) is 0 Å². The third-order valence-corrected chi connectivity index (χ3v) is 2.61. The molecule has 2 rings (SSSR count). The molecule has 0 spiro atoms. The monoisotopic (exact) mass is 188 g/mol. The maximum atomic E-state index is 9.52. The fourth-order valence-electron chi connectivity index (χ4n) is 1.74. The van der Waals surface area contributed by atoms with E-state index in [2.05, 4.69) is 0 Å². The molecule has 2 saturated heterocycles. The number of ether oxygens (including phenoxy) is 3. The number of rotatable bonds is 1. The van der Waals surface area contributed by atoms with Gasteiger partial charge < -0.3 is 19.3 Å². The van der Waals surface area contributed by atoms with Crippen LogP contribution in [0.3, 0.4) is 0 Å². The lowest BCUT2D eigenvalue weighted by atomic mass is 10.0. The Kier molecular flexibility index (Phi) is 2.55. The molecular formula is C9H16O4. The Morgan fingerprint density at radius 1 is 1.31 bits per heavy atom. The Bertz CT molecular complexity index is 166. The molecule has 2 aliphatic heterocycles. The molecule has 1 N–H and O–H groups in total. The molecule has 2 aliphatic rings. The molecule has 0 bridgehead atoms. The first-order valence-electron chi connectivity index (χ1n) is 4.85. The molecule has 0 aromatic carbocycles. The maximum absolute atomic E-state index is 9.52. The van der Waals surface area contributed by atoms with E-state index < -0.39 is 6.10 Å². The van der Waals surface area contributed by atoms with Gasteiger partial charge >= 0.3 is 0 Å². The van der Waals surface area contributed by atoms with E-state index in [4.69, 9.17) is 14.2 Å². The second kappa shape index (κ2) is 3.53. The van der Waals surface area contributed by atoms with Crippen LogP contribution in [0.25, 0.3) is 0 Å². The van der Waals surface area contributed by atoms with Gasteiger partial charge in [0.05, 0.1) is 12.2 Å². The zero-order valence-electron chi connectivity index (χ0n) is 7.97. The highest BCUT2D eigenvalue weighted by Gasteiger charge is 2.43. The van der Waals surface area contributed by atoms with Crippen molar-refractivity contribution in [3.63, 3.8) is 0 Å². The summed E-state index contributed by atoms with van der Waals surface area (Å²) in [7, 11) is 0. The van der Waals surface area contributed by atoms with Crippen molar-refractivity contribution in [3.8, 4) is 0 Å². The predicted octanol–water partition coefficient (Wildman–Crippen LogP) is 0.634. The largest absolute Gasteiger partial charge is 0.390 e. The average molecular weight is 188 g/mol. The summed E-state index contributed by atoms with van der Waals surface area (Å²) in [6.45, 7) is 3.85. The lowest BCUT2D eigenvalue weighted by Crippen LogP contribution is -2.44. The van der Waals surface area contributed by atoms with Crippen LogP contribution >= 0.6 is 0 Å². The zero-order valence-corrected chi connectivity index (χ0v) is 7.97. The minimum Gasteiger partial charge on any atom is -0.390 e. The third kappa shape index (κ3) is 1.72. The Morgan fingerprint density at radius 2 is 2.08 bits per heavy atom. The van der Waals surface area contributed by atoms with E-state index in [0.717, 1.165) is 6.42 Å². The van der Waals surface area contributed by atoms with Crippen LogP contribution in [0.4, 0.5) is 0 Å². The fourth-order valence-corrected chi connectivity index (χ4v) is 1.74.